The Kier molecular flexibility index (Phi) is 3.85. The predicted molar refractivity (Wildman–Crippen MR) is 74.3 cm³/mol. The molecule has 0 bridgehead atoms. The topological polar surface area (TPSA) is 59.8 Å². The zero-order chi connectivity index (χ0) is 14.0. The zero-order valence-corrected chi connectivity index (χ0v) is 11.8. The van der Waals surface area contributed by atoms with E-state index in [1.54, 1.807) is 0 Å². The summed E-state index contributed by atoms with van der Waals surface area (Å²) in [7, 11) is 0. The van der Waals surface area contributed by atoms with E-state index in [1.165, 1.54) is 16.6 Å². The molecule has 100 valence electrons. The normalized spacial score (nSPS) is 10.5. The Morgan fingerprint density at radius 2 is 1.95 bits per heavy atom. The number of nitrogens with zero attached hydrogens (tertiary/aromatic N) is 3. The number of anilines is 1. The van der Waals surface area contributed by atoms with Crippen LogP contribution in [0.5, 0.6) is 0 Å². The number of carbonyl (C=O) groups excluding carboxylic acids is 1. The molecule has 2 aromatic rings. The molecule has 19 heavy (non-hydrogen) atoms. The van der Waals surface area contributed by atoms with E-state index in [9.17, 15) is 4.79 Å². The molecule has 0 fully saturated rings. The van der Waals surface area contributed by atoms with Gasteiger partial charge in [-0.05, 0) is 43.5 Å². The van der Waals surface area contributed by atoms with E-state index in [0.29, 0.717) is 0 Å². The average Bonchev–Trinajstić information content (AvgIpc) is 2.69. The Balaban J connectivity index is 2.11. The fourth-order valence-electron chi connectivity index (χ4n) is 2.05. The first-order valence-corrected chi connectivity index (χ1v) is 6.26. The van der Waals surface area contributed by atoms with Crippen LogP contribution in [0.15, 0.2) is 18.5 Å². The van der Waals surface area contributed by atoms with Crippen LogP contribution in [0.4, 0.5) is 5.69 Å². The molecular weight excluding hydrogens is 264 g/mol. The SMILES string of the molecule is Cc1cc(C)c(NC(=O)Cn2cnc(Cl)n2)c(C)c1. The summed E-state index contributed by atoms with van der Waals surface area (Å²) in [6.45, 7) is 6.07. The van der Waals surface area contributed by atoms with Gasteiger partial charge in [-0.3, -0.25) is 4.79 Å². The van der Waals surface area contributed by atoms with Crippen molar-refractivity contribution >= 4 is 23.2 Å². The summed E-state index contributed by atoms with van der Waals surface area (Å²) in [6, 6.07) is 4.07. The third-order valence-electron chi connectivity index (χ3n) is 2.76. The number of hydrogen-bond acceptors (Lipinski definition) is 3. The highest BCUT2D eigenvalue weighted by Crippen LogP contribution is 2.21. The molecule has 1 N–H and O–H groups in total. The summed E-state index contributed by atoms with van der Waals surface area (Å²) in [5, 5.41) is 6.89. The summed E-state index contributed by atoms with van der Waals surface area (Å²) >= 11 is 5.60. The molecule has 2 rings (SSSR count). The van der Waals surface area contributed by atoms with E-state index in [0.717, 1.165) is 16.8 Å². The summed E-state index contributed by atoms with van der Waals surface area (Å²) in [6.07, 6.45) is 1.43. The molecule has 0 unspecified atom stereocenters. The number of nitrogens with one attached hydrogen (secondary N) is 1. The maximum absolute atomic E-state index is 11.9. The zero-order valence-electron chi connectivity index (χ0n) is 11.1. The monoisotopic (exact) mass is 278 g/mol. The number of amides is 1. The lowest BCUT2D eigenvalue weighted by Gasteiger charge is -2.12. The highest BCUT2D eigenvalue weighted by molar-refractivity contribution is 6.28. The van der Waals surface area contributed by atoms with Crippen molar-refractivity contribution in [2.75, 3.05) is 5.32 Å². The minimum Gasteiger partial charge on any atom is -0.324 e. The molecule has 1 aromatic carbocycles. The Morgan fingerprint density at radius 3 is 2.47 bits per heavy atom. The van der Waals surface area contributed by atoms with Crippen LogP contribution in [0, 0.1) is 20.8 Å². The number of rotatable bonds is 3. The van der Waals surface area contributed by atoms with Crippen LogP contribution in [-0.2, 0) is 11.3 Å². The van der Waals surface area contributed by atoms with E-state index in [-0.39, 0.29) is 17.7 Å². The van der Waals surface area contributed by atoms with Crippen molar-refractivity contribution in [1.82, 2.24) is 14.8 Å². The van der Waals surface area contributed by atoms with Gasteiger partial charge in [-0.25, -0.2) is 9.67 Å². The Labute approximate surface area is 116 Å². The van der Waals surface area contributed by atoms with Gasteiger partial charge in [-0.1, -0.05) is 17.7 Å². The van der Waals surface area contributed by atoms with Gasteiger partial charge in [0, 0.05) is 5.69 Å². The Morgan fingerprint density at radius 1 is 1.32 bits per heavy atom. The highest BCUT2D eigenvalue weighted by Gasteiger charge is 2.09. The van der Waals surface area contributed by atoms with Gasteiger partial charge in [-0.15, -0.1) is 5.10 Å². The number of benzene rings is 1. The molecule has 1 aromatic heterocycles. The standard InChI is InChI=1S/C13H15ClN4O/c1-8-4-9(2)12(10(3)5-8)16-11(19)6-18-7-15-13(14)17-18/h4-5,7H,6H2,1-3H3,(H,16,19). The van der Waals surface area contributed by atoms with Gasteiger partial charge >= 0.3 is 0 Å². The minimum atomic E-state index is -0.156. The summed E-state index contributed by atoms with van der Waals surface area (Å²) < 4.78 is 1.40. The molecule has 0 radical (unpaired) electrons. The van der Waals surface area contributed by atoms with Crippen LogP contribution in [0.3, 0.4) is 0 Å². The molecule has 0 saturated heterocycles. The molecular formula is C13H15ClN4O. The van der Waals surface area contributed by atoms with E-state index in [2.05, 4.69) is 15.4 Å². The van der Waals surface area contributed by atoms with E-state index in [1.807, 2.05) is 32.9 Å². The van der Waals surface area contributed by atoms with Crippen LogP contribution < -0.4 is 5.32 Å². The van der Waals surface area contributed by atoms with Crippen molar-refractivity contribution in [3.05, 3.63) is 40.4 Å². The molecule has 1 amide bonds. The largest absolute Gasteiger partial charge is 0.324 e. The second-order valence-corrected chi connectivity index (χ2v) is 4.87. The molecule has 0 aliphatic heterocycles. The number of carbonyl (C=O) groups is 1. The average molecular weight is 279 g/mol. The molecule has 0 aliphatic carbocycles. The van der Waals surface area contributed by atoms with Crippen LogP contribution in [0.1, 0.15) is 16.7 Å². The van der Waals surface area contributed by atoms with E-state index in [4.69, 9.17) is 11.6 Å². The van der Waals surface area contributed by atoms with Crippen LogP contribution >= 0.6 is 11.6 Å². The van der Waals surface area contributed by atoms with Gasteiger partial charge in [0.25, 0.3) is 0 Å². The van der Waals surface area contributed by atoms with Gasteiger partial charge in [0.2, 0.25) is 11.2 Å². The van der Waals surface area contributed by atoms with Crippen molar-refractivity contribution in [3.8, 4) is 0 Å². The second kappa shape index (κ2) is 5.40. The lowest BCUT2D eigenvalue weighted by Crippen LogP contribution is -2.20. The van der Waals surface area contributed by atoms with E-state index < -0.39 is 0 Å². The summed E-state index contributed by atoms with van der Waals surface area (Å²) in [5.74, 6) is -0.156. The van der Waals surface area contributed by atoms with Crippen molar-refractivity contribution in [2.45, 2.75) is 27.3 Å². The second-order valence-electron chi connectivity index (χ2n) is 4.53. The first kappa shape index (κ1) is 13.5. The molecule has 5 nitrogen and oxygen atoms in total. The van der Waals surface area contributed by atoms with Crippen molar-refractivity contribution in [2.24, 2.45) is 0 Å². The number of halogens is 1. The first-order chi connectivity index (χ1) is 8.95. The molecule has 0 saturated carbocycles. The summed E-state index contributed by atoms with van der Waals surface area (Å²) in [5.41, 5.74) is 4.11. The quantitative estimate of drug-likeness (QED) is 0.938. The molecule has 0 aliphatic rings. The number of hydrogen-bond donors (Lipinski definition) is 1. The highest BCUT2D eigenvalue weighted by atomic mass is 35.5. The van der Waals surface area contributed by atoms with E-state index >= 15 is 0 Å². The predicted octanol–water partition coefficient (Wildman–Crippen LogP) is 2.50. The fraction of sp³-hybridized carbons (Fsp3) is 0.308. The van der Waals surface area contributed by atoms with Crippen molar-refractivity contribution < 1.29 is 4.79 Å². The third kappa shape index (κ3) is 3.32. The van der Waals surface area contributed by atoms with Gasteiger partial charge < -0.3 is 5.32 Å². The smallest absolute Gasteiger partial charge is 0.246 e. The molecule has 0 atom stereocenters. The first-order valence-electron chi connectivity index (χ1n) is 5.88. The van der Waals surface area contributed by atoms with Crippen LogP contribution in [0.25, 0.3) is 0 Å². The van der Waals surface area contributed by atoms with Gasteiger partial charge in [0.05, 0.1) is 0 Å². The molecule has 0 spiro atoms. The van der Waals surface area contributed by atoms with Crippen LogP contribution in [0.2, 0.25) is 5.28 Å². The number of aryl methyl sites for hydroxylation is 3. The lowest BCUT2D eigenvalue weighted by atomic mass is 10.1. The Bertz CT molecular complexity index is 598. The minimum absolute atomic E-state index is 0.0898. The third-order valence-corrected chi connectivity index (χ3v) is 2.93. The van der Waals surface area contributed by atoms with Gasteiger partial charge in [0.1, 0.15) is 12.9 Å². The Hall–Kier alpha value is -1.88. The number of aromatic nitrogens is 3. The van der Waals surface area contributed by atoms with Crippen molar-refractivity contribution in [1.29, 1.82) is 0 Å². The maximum Gasteiger partial charge on any atom is 0.246 e. The van der Waals surface area contributed by atoms with Crippen LogP contribution in [-0.4, -0.2) is 20.7 Å². The molecule has 1 heterocycles. The van der Waals surface area contributed by atoms with Crippen molar-refractivity contribution in [3.63, 3.8) is 0 Å². The lowest BCUT2D eigenvalue weighted by molar-refractivity contribution is -0.116. The molecule has 6 heteroatoms. The summed E-state index contributed by atoms with van der Waals surface area (Å²) in [4.78, 5) is 15.7. The fourth-order valence-corrected chi connectivity index (χ4v) is 2.19. The van der Waals surface area contributed by atoms with Gasteiger partial charge in [0.15, 0.2) is 0 Å². The maximum atomic E-state index is 11.9. The van der Waals surface area contributed by atoms with Gasteiger partial charge in [-0.2, -0.15) is 0 Å².